The molecule has 6 rings (SSSR count). The molecular weight excluding hydrogens is 472 g/mol. The molecule has 3 atom stereocenters. The first-order valence-electron chi connectivity index (χ1n) is 13.1. The number of rotatable bonds is 6. The molecule has 196 valence electrons. The van der Waals surface area contributed by atoms with Crippen LogP contribution >= 0.6 is 0 Å². The fourth-order valence-electron chi connectivity index (χ4n) is 5.74. The van der Waals surface area contributed by atoms with Crippen LogP contribution in [0.4, 0.5) is 11.8 Å². The Kier molecular flexibility index (Phi) is 6.53. The zero-order chi connectivity index (χ0) is 25.5. The molecule has 5 heterocycles. The summed E-state index contributed by atoms with van der Waals surface area (Å²) in [6.45, 7) is 2.97. The van der Waals surface area contributed by atoms with Gasteiger partial charge in [-0.1, -0.05) is 12.8 Å². The Morgan fingerprint density at radius 1 is 1.16 bits per heavy atom. The summed E-state index contributed by atoms with van der Waals surface area (Å²) in [5.74, 6) is 0.972. The van der Waals surface area contributed by atoms with Crippen molar-refractivity contribution in [1.29, 1.82) is 0 Å². The van der Waals surface area contributed by atoms with Gasteiger partial charge in [-0.25, -0.2) is 9.97 Å². The number of hydrogen-bond acceptors (Lipinski definition) is 9. The zero-order valence-corrected chi connectivity index (χ0v) is 21.3. The molecule has 3 aliphatic rings. The Bertz CT molecular complexity index is 1260. The van der Waals surface area contributed by atoms with Crippen molar-refractivity contribution in [2.24, 2.45) is 0 Å². The van der Waals surface area contributed by atoms with Crippen molar-refractivity contribution in [2.75, 3.05) is 45.6 Å². The predicted molar refractivity (Wildman–Crippen MR) is 139 cm³/mol. The van der Waals surface area contributed by atoms with Crippen LogP contribution in [0.2, 0.25) is 0 Å². The lowest BCUT2D eigenvalue weighted by molar-refractivity contribution is -0.144. The highest BCUT2D eigenvalue weighted by molar-refractivity contribution is 5.97. The third kappa shape index (κ3) is 4.79. The molecule has 3 N–H and O–H groups in total. The van der Waals surface area contributed by atoms with Crippen LogP contribution in [0.3, 0.4) is 0 Å². The number of aliphatic hydroxyl groups excluding tert-OH is 1. The van der Waals surface area contributed by atoms with Gasteiger partial charge in [-0.3, -0.25) is 9.69 Å². The Labute approximate surface area is 215 Å². The first-order chi connectivity index (χ1) is 18.0. The number of nitrogens with zero attached hydrogens (tertiary/aromatic N) is 6. The van der Waals surface area contributed by atoms with Crippen LogP contribution in [-0.2, 0) is 4.74 Å². The predicted octanol–water partition coefficient (Wildman–Crippen LogP) is 2.05. The monoisotopic (exact) mass is 506 g/mol. The van der Waals surface area contributed by atoms with Crippen molar-refractivity contribution in [2.45, 2.75) is 50.2 Å². The molecule has 2 saturated heterocycles. The summed E-state index contributed by atoms with van der Waals surface area (Å²) in [5, 5.41) is 18.4. The van der Waals surface area contributed by atoms with E-state index in [9.17, 15) is 9.90 Å². The summed E-state index contributed by atoms with van der Waals surface area (Å²) in [5.41, 5.74) is 2.14. The topological polar surface area (TPSA) is 121 Å². The van der Waals surface area contributed by atoms with Gasteiger partial charge in [-0.15, -0.1) is 0 Å². The van der Waals surface area contributed by atoms with E-state index in [-0.39, 0.29) is 24.2 Å². The van der Waals surface area contributed by atoms with Crippen LogP contribution in [-0.4, -0.2) is 92.8 Å². The molecule has 2 bridgehead atoms. The van der Waals surface area contributed by atoms with Gasteiger partial charge in [0.1, 0.15) is 23.4 Å². The van der Waals surface area contributed by atoms with Crippen LogP contribution in [0, 0.1) is 0 Å². The van der Waals surface area contributed by atoms with Gasteiger partial charge in [0.05, 0.1) is 12.2 Å². The van der Waals surface area contributed by atoms with Gasteiger partial charge in [-0.05, 0) is 31.0 Å². The number of morpholine rings is 2. The van der Waals surface area contributed by atoms with E-state index in [2.05, 4.69) is 25.2 Å². The smallest absolute Gasteiger partial charge is 0.270 e. The molecule has 37 heavy (non-hydrogen) atoms. The van der Waals surface area contributed by atoms with E-state index in [1.165, 1.54) is 0 Å². The molecule has 0 radical (unpaired) electrons. The number of nitrogens with one attached hydrogen (secondary N) is 2. The summed E-state index contributed by atoms with van der Waals surface area (Å²) in [7, 11) is 3.54. The number of aromatic nitrogens is 4. The molecule has 1 saturated carbocycles. The molecule has 3 aromatic rings. The van der Waals surface area contributed by atoms with Gasteiger partial charge < -0.3 is 29.9 Å². The second-order valence-corrected chi connectivity index (χ2v) is 10.5. The maximum absolute atomic E-state index is 12.9. The summed E-state index contributed by atoms with van der Waals surface area (Å²) in [6.07, 6.45) is 7.28. The molecule has 1 amide bonds. The van der Waals surface area contributed by atoms with E-state index >= 15 is 0 Å². The number of carbonyl (C=O) groups excluding carboxylic acids is 1. The van der Waals surface area contributed by atoms with Gasteiger partial charge in [0, 0.05) is 69.7 Å². The highest BCUT2D eigenvalue weighted by Crippen LogP contribution is 2.35. The van der Waals surface area contributed by atoms with E-state index in [0.29, 0.717) is 30.5 Å². The highest BCUT2D eigenvalue weighted by Gasteiger charge is 2.34. The molecule has 1 aliphatic carbocycles. The molecule has 11 nitrogen and oxygen atoms in total. The molecule has 2 aliphatic heterocycles. The SMILES string of the molecule is CN(C)C(=O)c1cc2cnc(Nc3ccc(C(O)N4CC5CNCC(C4)O5)cn3)nc2n1C1CCCC1. The Morgan fingerprint density at radius 2 is 1.92 bits per heavy atom. The number of amides is 1. The Hall–Kier alpha value is -3.12. The third-order valence-electron chi connectivity index (χ3n) is 7.57. The second-order valence-electron chi connectivity index (χ2n) is 10.5. The van der Waals surface area contributed by atoms with Gasteiger partial charge >= 0.3 is 0 Å². The Morgan fingerprint density at radius 3 is 2.59 bits per heavy atom. The lowest BCUT2D eigenvalue weighted by Crippen LogP contribution is -2.58. The van der Waals surface area contributed by atoms with E-state index in [0.717, 1.165) is 55.4 Å². The zero-order valence-electron chi connectivity index (χ0n) is 21.3. The average Bonchev–Trinajstić information content (AvgIpc) is 3.55. The Balaban J connectivity index is 1.22. The number of aliphatic hydroxyl groups is 1. The van der Waals surface area contributed by atoms with Crippen LogP contribution in [0.5, 0.6) is 0 Å². The number of fused-ring (bicyclic) bond motifs is 3. The fourth-order valence-corrected chi connectivity index (χ4v) is 5.74. The molecule has 3 aromatic heterocycles. The van der Waals surface area contributed by atoms with Crippen LogP contribution < -0.4 is 10.6 Å². The van der Waals surface area contributed by atoms with Gasteiger partial charge in [-0.2, -0.15) is 4.98 Å². The summed E-state index contributed by atoms with van der Waals surface area (Å²) in [4.78, 5) is 30.3. The van der Waals surface area contributed by atoms with Crippen molar-refractivity contribution in [1.82, 2.24) is 34.6 Å². The summed E-state index contributed by atoms with van der Waals surface area (Å²) < 4.78 is 8.04. The minimum absolute atomic E-state index is 0.0321. The van der Waals surface area contributed by atoms with Crippen molar-refractivity contribution in [3.63, 3.8) is 0 Å². The minimum atomic E-state index is -0.733. The largest absolute Gasteiger partial charge is 0.374 e. The number of pyridine rings is 1. The second kappa shape index (κ2) is 9.97. The summed E-state index contributed by atoms with van der Waals surface area (Å²) >= 11 is 0. The average molecular weight is 507 g/mol. The summed E-state index contributed by atoms with van der Waals surface area (Å²) in [6, 6.07) is 5.85. The lowest BCUT2D eigenvalue weighted by Gasteiger charge is -2.43. The normalized spacial score (nSPS) is 23.3. The van der Waals surface area contributed by atoms with Crippen molar-refractivity contribution in [3.8, 4) is 0 Å². The molecule has 3 unspecified atom stereocenters. The van der Waals surface area contributed by atoms with Crippen molar-refractivity contribution < 1.29 is 14.6 Å². The maximum Gasteiger partial charge on any atom is 0.270 e. The van der Waals surface area contributed by atoms with E-state index in [4.69, 9.17) is 9.72 Å². The number of anilines is 2. The van der Waals surface area contributed by atoms with Gasteiger partial charge in [0.2, 0.25) is 5.95 Å². The van der Waals surface area contributed by atoms with Gasteiger partial charge in [0.25, 0.3) is 5.91 Å². The number of hydrogen-bond donors (Lipinski definition) is 3. The number of ether oxygens (including phenoxy) is 1. The van der Waals surface area contributed by atoms with E-state index in [1.54, 1.807) is 31.4 Å². The van der Waals surface area contributed by atoms with Crippen molar-refractivity contribution >= 4 is 28.7 Å². The fraction of sp³-hybridized carbons (Fsp3) is 0.538. The molecular formula is C26H34N8O3. The molecule has 0 spiro atoms. The lowest BCUT2D eigenvalue weighted by atomic mass is 10.1. The molecule has 3 fully saturated rings. The van der Waals surface area contributed by atoms with E-state index < -0.39 is 6.23 Å². The van der Waals surface area contributed by atoms with Crippen molar-refractivity contribution in [3.05, 3.63) is 41.9 Å². The number of carbonyl (C=O) groups is 1. The first kappa shape index (κ1) is 24.2. The maximum atomic E-state index is 12.9. The van der Waals surface area contributed by atoms with Crippen LogP contribution in [0.15, 0.2) is 30.6 Å². The first-order valence-corrected chi connectivity index (χ1v) is 13.1. The van der Waals surface area contributed by atoms with Gasteiger partial charge in [0.15, 0.2) is 0 Å². The van der Waals surface area contributed by atoms with Crippen LogP contribution in [0.25, 0.3) is 11.0 Å². The molecule has 11 heteroatoms. The quantitative estimate of drug-likeness (QED) is 0.461. The standard InChI is InChI=1S/C26H34N8O3/c1-32(2)25(36)21-9-17-11-29-26(31-23(17)34(21)18-5-3-4-6-18)30-22-8-7-16(10-28-22)24(35)33-14-19-12-27-13-20(15-33)37-19/h7-11,18-20,24,27,35H,3-6,12-15H2,1-2H3,(H,28,29,30,31). The van der Waals surface area contributed by atoms with Crippen LogP contribution in [0.1, 0.15) is 54.0 Å². The minimum Gasteiger partial charge on any atom is -0.374 e. The highest BCUT2D eigenvalue weighted by atomic mass is 16.5. The molecule has 0 aromatic carbocycles. The van der Waals surface area contributed by atoms with E-state index in [1.807, 2.05) is 23.1 Å². The third-order valence-corrected chi connectivity index (χ3v) is 7.57.